The number of carbonyl (C=O) groups excluding carboxylic acids is 2. The molecule has 8 heteroatoms. The standard InChI is InChI=1S/C21H25N5O3/c1-15(27)25-9-6-17(13-19(25)22-2)26-10-11-29-18-12-16(14-23-20(18)26)21(28)24-7-4-3-5-8-24/h6,9,12-14H,3-5,7-8,10-11H2,1-2H3. The second kappa shape index (κ2) is 8.06. The van der Waals surface area contributed by atoms with Gasteiger partial charge in [-0.15, -0.1) is 0 Å². The van der Waals surface area contributed by atoms with Crippen LogP contribution in [0.2, 0.25) is 0 Å². The average molecular weight is 395 g/mol. The molecule has 152 valence electrons. The maximum absolute atomic E-state index is 12.8. The van der Waals surface area contributed by atoms with Gasteiger partial charge in [0, 0.05) is 51.2 Å². The number of likely N-dealkylation sites (tertiary alicyclic amines) is 1. The highest BCUT2D eigenvalue weighted by molar-refractivity contribution is 5.95. The quantitative estimate of drug-likeness (QED) is 0.779. The Balaban J connectivity index is 1.65. The lowest BCUT2D eigenvalue weighted by atomic mass is 10.1. The molecule has 0 spiro atoms. The van der Waals surface area contributed by atoms with Crippen molar-refractivity contribution in [1.82, 2.24) is 14.5 Å². The van der Waals surface area contributed by atoms with Gasteiger partial charge in [0.05, 0.1) is 12.1 Å². The van der Waals surface area contributed by atoms with Crippen molar-refractivity contribution in [3.05, 3.63) is 41.6 Å². The Kier molecular flexibility index (Phi) is 5.33. The summed E-state index contributed by atoms with van der Waals surface area (Å²) in [6.07, 6.45) is 6.61. The van der Waals surface area contributed by atoms with Crippen LogP contribution in [-0.2, 0) is 0 Å². The molecule has 0 saturated carbocycles. The van der Waals surface area contributed by atoms with Gasteiger partial charge in [0.15, 0.2) is 11.6 Å². The lowest BCUT2D eigenvalue weighted by Gasteiger charge is -2.31. The first-order chi connectivity index (χ1) is 14.1. The molecule has 0 aliphatic carbocycles. The third kappa shape index (κ3) is 3.74. The molecule has 2 aliphatic rings. The number of hydrogen-bond donors (Lipinski definition) is 0. The van der Waals surface area contributed by atoms with Crippen molar-refractivity contribution in [2.24, 2.45) is 4.99 Å². The zero-order valence-electron chi connectivity index (χ0n) is 16.8. The second-order valence-electron chi connectivity index (χ2n) is 7.25. The van der Waals surface area contributed by atoms with Crippen LogP contribution < -0.4 is 15.1 Å². The molecule has 0 atom stereocenters. The van der Waals surface area contributed by atoms with Crippen molar-refractivity contribution in [3.63, 3.8) is 0 Å². The zero-order valence-corrected chi connectivity index (χ0v) is 16.8. The number of fused-ring (bicyclic) bond motifs is 1. The maximum Gasteiger partial charge on any atom is 0.255 e. The van der Waals surface area contributed by atoms with Crippen LogP contribution in [0, 0.1) is 0 Å². The van der Waals surface area contributed by atoms with E-state index in [0.29, 0.717) is 35.8 Å². The van der Waals surface area contributed by atoms with E-state index in [2.05, 4.69) is 9.98 Å². The number of anilines is 2. The first-order valence-corrected chi connectivity index (χ1v) is 9.94. The third-order valence-electron chi connectivity index (χ3n) is 5.35. The normalized spacial score (nSPS) is 17.0. The van der Waals surface area contributed by atoms with Crippen LogP contribution >= 0.6 is 0 Å². The minimum absolute atomic E-state index is 0.00926. The molecular weight excluding hydrogens is 370 g/mol. The molecule has 2 aromatic heterocycles. The zero-order chi connectivity index (χ0) is 20.4. The smallest absolute Gasteiger partial charge is 0.255 e. The monoisotopic (exact) mass is 395 g/mol. The van der Waals surface area contributed by atoms with Gasteiger partial charge in [-0.05, 0) is 31.4 Å². The number of pyridine rings is 2. The summed E-state index contributed by atoms with van der Waals surface area (Å²) in [6.45, 7) is 4.20. The Hall–Kier alpha value is -3.16. The number of rotatable bonds is 2. The summed E-state index contributed by atoms with van der Waals surface area (Å²) in [5.74, 6) is 1.17. The molecule has 29 heavy (non-hydrogen) atoms. The highest BCUT2D eigenvalue weighted by Crippen LogP contribution is 2.35. The van der Waals surface area contributed by atoms with Crippen LogP contribution in [0.3, 0.4) is 0 Å². The lowest BCUT2D eigenvalue weighted by molar-refractivity contribution is 0.0723. The first-order valence-electron chi connectivity index (χ1n) is 9.94. The molecule has 1 fully saturated rings. The highest BCUT2D eigenvalue weighted by Gasteiger charge is 2.25. The van der Waals surface area contributed by atoms with Crippen molar-refractivity contribution in [3.8, 4) is 5.75 Å². The predicted molar refractivity (Wildman–Crippen MR) is 109 cm³/mol. The minimum atomic E-state index is -0.0986. The molecule has 1 saturated heterocycles. The van der Waals surface area contributed by atoms with Gasteiger partial charge in [-0.3, -0.25) is 19.1 Å². The molecule has 8 nitrogen and oxygen atoms in total. The summed E-state index contributed by atoms with van der Waals surface area (Å²) < 4.78 is 7.31. The fraction of sp³-hybridized carbons (Fsp3) is 0.429. The average Bonchev–Trinajstić information content (AvgIpc) is 2.77. The molecule has 0 bridgehead atoms. The number of ether oxygens (including phenoxy) is 1. The van der Waals surface area contributed by atoms with Crippen molar-refractivity contribution in [2.45, 2.75) is 26.2 Å². The topological polar surface area (TPSA) is 80.0 Å². The van der Waals surface area contributed by atoms with Crippen LogP contribution in [0.15, 0.2) is 35.6 Å². The van der Waals surface area contributed by atoms with E-state index in [-0.39, 0.29) is 11.8 Å². The summed E-state index contributed by atoms with van der Waals surface area (Å²) in [5, 5.41) is 0. The summed E-state index contributed by atoms with van der Waals surface area (Å²) in [6, 6.07) is 5.50. The number of hydrogen-bond acceptors (Lipinski definition) is 6. The number of piperidine rings is 1. The molecular formula is C21H25N5O3. The highest BCUT2D eigenvalue weighted by atomic mass is 16.5. The molecule has 2 aromatic rings. The second-order valence-corrected chi connectivity index (χ2v) is 7.25. The van der Waals surface area contributed by atoms with E-state index < -0.39 is 0 Å². The van der Waals surface area contributed by atoms with Crippen molar-refractivity contribution < 1.29 is 14.3 Å². The van der Waals surface area contributed by atoms with Gasteiger partial charge < -0.3 is 14.5 Å². The van der Waals surface area contributed by atoms with E-state index in [4.69, 9.17) is 4.74 Å². The van der Waals surface area contributed by atoms with Gasteiger partial charge in [0.2, 0.25) is 5.91 Å². The largest absolute Gasteiger partial charge is 0.488 e. The van der Waals surface area contributed by atoms with Crippen LogP contribution in [0.4, 0.5) is 11.5 Å². The fourth-order valence-electron chi connectivity index (χ4n) is 3.83. The minimum Gasteiger partial charge on any atom is -0.488 e. The van der Waals surface area contributed by atoms with E-state index in [1.165, 1.54) is 17.9 Å². The number of carbonyl (C=O) groups is 2. The van der Waals surface area contributed by atoms with Crippen LogP contribution in [-0.4, -0.2) is 59.6 Å². The number of nitrogens with zero attached hydrogens (tertiary/aromatic N) is 5. The molecule has 4 rings (SSSR count). The first kappa shape index (κ1) is 19.2. The molecule has 0 aromatic carbocycles. The summed E-state index contributed by atoms with van der Waals surface area (Å²) in [5.41, 5.74) is 1.99. The SMILES string of the molecule is CN=c1cc(N2CCOc3cc(C(=O)N4CCCCC4)cnc32)ccn1C(C)=O. The van der Waals surface area contributed by atoms with Gasteiger partial charge in [-0.25, -0.2) is 4.98 Å². The van der Waals surface area contributed by atoms with E-state index in [1.807, 2.05) is 21.9 Å². The fourth-order valence-corrected chi connectivity index (χ4v) is 3.83. The molecule has 0 radical (unpaired) electrons. The van der Waals surface area contributed by atoms with E-state index in [9.17, 15) is 9.59 Å². The Labute approximate surface area is 169 Å². The van der Waals surface area contributed by atoms with Crippen LogP contribution in [0.25, 0.3) is 0 Å². The van der Waals surface area contributed by atoms with Gasteiger partial charge in [-0.2, -0.15) is 0 Å². The van der Waals surface area contributed by atoms with E-state index in [0.717, 1.165) is 31.6 Å². The Morgan fingerprint density at radius 3 is 2.66 bits per heavy atom. The third-order valence-corrected chi connectivity index (χ3v) is 5.35. The molecule has 2 aliphatic heterocycles. The number of amides is 1. The molecule has 0 unspecified atom stereocenters. The summed E-state index contributed by atoms with van der Waals surface area (Å²) in [4.78, 5) is 37.2. The maximum atomic E-state index is 12.8. The Morgan fingerprint density at radius 1 is 1.14 bits per heavy atom. The van der Waals surface area contributed by atoms with E-state index in [1.54, 1.807) is 25.5 Å². The van der Waals surface area contributed by atoms with Gasteiger partial charge in [0.1, 0.15) is 12.1 Å². The van der Waals surface area contributed by atoms with Gasteiger partial charge in [-0.1, -0.05) is 0 Å². The Bertz CT molecular complexity index is 1010. The van der Waals surface area contributed by atoms with Gasteiger partial charge >= 0.3 is 0 Å². The lowest BCUT2D eigenvalue weighted by Crippen LogP contribution is -2.36. The van der Waals surface area contributed by atoms with Crippen molar-refractivity contribution in [2.75, 3.05) is 38.2 Å². The Morgan fingerprint density at radius 2 is 1.93 bits per heavy atom. The number of aromatic nitrogens is 2. The van der Waals surface area contributed by atoms with Crippen LogP contribution in [0.5, 0.6) is 5.75 Å². The molecule has 0 N–H and O–H groups in total. The predicted octanol–water partition coefficient (Wildman–Crippen LogP) is 2.23. The summed E-state index contributed by atoms with van der Waals surface area (Å²) in [7, 11) is 1.66. The molecule has 1 amide bonds. The van der Waals surface area contributed by atoms with E-state index >= 15 is 0 Å². The van der Waals surface area contributed by atoms with Crippen LogP contribution in [0.1, 0.15) is 41.3 Å². The molecule has 4 heterocycles. The van der Waals surface area contributed by atoms with Gasteiger partial charge in [0.25, 0.3) is 5.91 Å². The van der Waals surface area contributed by atoms with Crippen molar-refractivity contribution >= 4 is 23.3 Å². The summed E-state index contributed by atoms with van der Waals surface area (Å²) >= 11 is 0. The van der Waals surface area contributed by atoms with Crippen molar-refractivity contribution in [1.29, 1.82) is 0 Å².